The van der Waals surface area contributed by atoms with Gasteiger partial charge in [0, 0.05) is 22.4 Å². The van der Waals surface area contributed by atoms with Crippen molar-refractivity contribution in [2.45, 2.75) is 54.2 Å². The molecule has 0 N–H and O–H groups in total. The van der Waals surface area contributed by atoms with Gasteiger partial charge in [-0.25, -0.2) is 9.69 Å². The number of hydrogen-bond donors (Lipinski definition) is 0. The molecule has 1 atom stereocenters. The number of hydrogen-bond acceptors (Lipinski definition) is 4. The fraction of sp³-hybridized carbons (Fsp3) is 0.276. The fourth-order valence-electron chi connectivity index (χ4n) is 5.08. The van der Waals surface area contributed by atoms with E-state index in [0.717, 1.165) is 42.6 Å². The number of para-hydroxylation sites is 1. The minimum Gasteiger partial charge on any atom is -0.272 e. The lowest BCUT2D eigenvalue weighted by molar-refractivity contribution is -0.140. The molecule has 7 heteroatoms. The van der Waals surface area contributed by atoms with E-state index in [9.17, 15) is 14.4 Å². The van der Waals surface area contributed by atoms with Crippen LogP contribution in [0.5, 0.6) is 0 Å². The van der Waals surface area contributed by atoms with E-state index in [1.807, 2.05) is 48.5 Å². The van der Waals surface area contributed by atoms with Gasteiger partial charge in [-0.3, -0.25) is 14.5 Å². The molecule has 1 aliphatic carbocycles. The number of carbonyl (C=O) groups excluding carboxylic acids is 3. The molecule has 3 aromatic rings. The molecule has 5 nitrogen and oxygen atoms in total. The van der Waals surface area contributed by atoms with Crippen molar-refractivity contribution in [3.63, 3.8) is 0 Å². The van der Waals surface area contributed by atoms with Crippen LogP contribution < -0.4 is 4.90 Å². The first-order valence-corrected chi connectivity index (χ1v) is 13.4. The van der Waals surface area contributed by atoms with E-state index in [-0.39, 0.29) is 12.5 Å². The molecular formula is C29H27ClN2O3S. The zero-order valence-electron chi connectivity index (χ0n) is 19.8. The van der Waals surface area contributed by atoms with Gasteiger partial charge in [0.05, 0.1) is 5.69 Å². The average Bonchev–Trinajstić information content (AvgIpc) is 2.91. The van der Waals surface area contributed by atoms with E-state index in [4.69, 9.17) is 11.6 Å². The van der Waals surface area contributed by atoms with Gasteiger partial charge in [-0.15, -0.1) is 0 Å². The maximum atomic E-state index is 14.4. The van der Waals surface area contributed by atoms with E-state index in [2.05, 4.69) is 0 Å². The Labute approximate surface area is 220 Å². The molecule has 4 amide bonds. The number of thioether (sulfide) groups is 1. The summed E-state index contributed by atoms with van der Waals surface area (Å²) in [7, 11) is 0. The first-order chi connectivity index (χ1) is 17.5. The summed E-state index contributed by atoms with van der Waals surface area (Å²) >= 11 is 7.33. The number of rotatable bonds is 6. The molecule has 3 aromatic carbocycles. The molecule has 36 heavy (non-hydrogen) atoms. The second kappa shape index (κ2) is 10.5. The molecule has 1 unspecified atom stereocenters. The quantitative estimate of drug-likeness (QED) is 0.339. The molecule has 5 rings (SSSR count). The first kappa shape index (κ1) is 24.6. The largest absolute Gasteiger partial charge is 0.338 e. The van der Waals surface area contributed by atoms with Crippen LogP contribution in [0.25, 0.3) is 0 Å². The Hall–Kier alpha value is -3.09. The standard InChI is InChI=1S/C29H27ClN2O3S/c30-22-16-18-25(19-17-22)36-29(20-21-10-4-1-5-11-21)26(33)31(23-12-6-2-7-13-23)28(35)32(27(29)34)24-14-8-3-9-15-24/h1-2,4-7,10-13,16-19,24H,3,8-9,14-15,20H2. The van der Waals surface area contributed by atoms with E-state index < -0.39 is 22.6 Å². The summed E-state index contributed by atoms with van der Waals surface area (Å²) in [6.07, 6.45) is 4.66. The van der Waals surface area contributed by atoms with Crippen molar-refractivity contribution in [2.24, 2.45) is 0 Å². The minimum absolute atomic E-state index is 0.165. The van der Waals surface area contributed by atoms with Gasteiger partial charge >= 0.3 is 6.03 Å². The van der Waals surface area contributed by atoms with Crippen LogP contribution in [0.1, 0.15) is 37.7 Å². The number of halogens is 1. The van der Waals surface area contributed by atoms with E-state index >= 15 is 0 Å². The van der Waals surface area contributed by atoms with Crippen LogP contribution in [0.4, 0.5) is 10.5 Å². The van der Waals surface area contributed by atoms with Crippen LogP contribution in [0.15, 0.2) is 89.8 Å². The summed E-state index contributed by atoms with van der Waals surface area (Å²) < 4.78 is -1.55. The summed E-state index contributed by atoms with van der Waals surface area (Å²) in [5.74, 6) is -0.944. The second-order valence-corrected chi connectivity index (χ2v) is 11.1. The fourth-order valence-corrected chi connectivity index (χ4v) is 6.48. The van der Waals surface area contributed by atoms with Crippen LogP contribution in [0.2, 0.25) is 5.02 Å². The molecule has 184 valence electrons. The number of nitrogens with zero attached hydrogens (tertiary/aromatic N) is 2. The number of amides is 4. The molecule has 1 saturated carbocycles. The zero-order valence-corrected chi connectivity index (χ0v) is 21.4. The predicted molar refractivity (Wildman–Crippen MR) is 143 cm³/mol. The highest BCUT2D eigenvalue weighted by Gasteiger charge is 2.59. The topological polar surface area (TPSA) is 57.7 Å². The van der Waals surface area contributed by atoms with Gasteiger partial charge in [-0.1, -0.05) is 91.2 Å². The highest BCUT2D eigenvalue weighted by atomic mass is 35.5. The Morgan fingerprint density at radius 1 is 0.778 bits per heavy atom. The molecule has 2 aliphatic rings. The van der Waals surface area contributed by atoms with Crippen molar-refractivity contribution in [1.29, 1.82) is 0 Å². The average molecular weight is 519 g/mol. The monoisotopic (exact) mass is 518 g/mol. The van der Waals surface area contributed by atoms with Gasteiger partial charge < -0.3 is 0 Å². The molecule has 0 radical (unpaired) electrons. The smallest absolute Gasteiger partial charge is 0.272 e. The van der Waals surface area contributed by atoms with Crippen LogP contribution in [0, 0.1) is 0 Å². The molecule has 1 aliphatic heterocycles. The molecular weight excluding hydrogens is 492 g/mol. The van der Waals surface area contributed by atoms with Gasteiger partial charge in [0.2, 0.25) is 0 Å². The lowest BCUT2D eigenvalue weighted by Gasteiger charge is -2.47. The SMILES string of the molecule is O=C1N(c2ccccc2)C(=O)C(Cc2ccccc2)(Sc2ccc(Cl)cc2)C(=O)N1C1CCCCC1. The highest BCUT2D eigenvalue weighted by molar-refractivity contribution is 8.02. The van der Waals surface area contributed by atoms with Gasteiger partial charge in [0.25, 0.3) is 11.8 Å². The predicted octanol–water partition coefficient (Wildman–Crippen LogP) is 6.74. The van der Waals surface area contributed by atoms with Crippen LogP contribution >= 0.6 is 23.4 Å². The maximum absolute atomic E-state index is 14.4. The molecule has 0 bridgehead atoms. The van der Waals surface area contributed by atoms with Crippen molar-refractivity contribution in [3.8, 4) is 0 Å². The van der Waals surface area contributed by atoms with Gasteiger partial charge in [-0.2, -0.15) is 0 Å². The number of carbonyl (C=O) groups is 3. The number of imide groups is 2. The van der Waals surface area contributed by atoms with Crippen molar-refractivity contribution >= 4 is 46.9 Å². The lowest BCUT2D eigenvalue weighted by Crippen LogP contribution is -2.70. The highest BCUT2D eigenvalue weighted by Crippen LogP contribution is 2.44. The summed E-state index contributed by atoms with van der Waals surface area (Å²) in [5, 5.41) is 0.572. The van der Waals surface area contributed by atoms with Crippen molar-refractivity contribution < 1.29 is 14.4 Å². The van der Waals surface area contributed by atoms with Crippen molar-refractivity contribution in [3.05, 3.63) is 95.5 Å². The second-order valence-electron chi connectivity index (χ2n) is 9.27. The lowest BCUT2D eigenvalue weighted by atomic mass is 9.89. The molecule has 0 spiro atoms. The number of barbiturate groups is 1. The molecule has 1 saturated heterocycles. The third-order valence-corrected chi connectivity index (χ3v) is 8.47. The maximum Gasteiger partial charge on any atom is 0.338 e. The van der Waals surface area contributed by atoms with E-state index in [1.165, 1.54) is 21.6 Å². The first-order valence-electron chi connectivity index (χ1n) is 12.3. The molecule has 0 aromatic heterocycles. The Balaban J connectivity index is 1.67. The van der Waals surface area contributed by atoms with E-state index in [1.54, 1.807) is 36.4 Å². The summed E-state index contributed by atoms with van der Waals surface area (Å²) in [6, 6.07) is 24.8. The van der Waals surface area contributed by atoms with Crippen molar-refractivity contribution in [1.82, 2.24) is 4.90 Å². The summed E-state index contributed by atoms with van der Waals surface area (Å²) in [5.41, 5.74) is 1.32. The normalized spacial score (nSPS) is 21.2. The van der Waals surface area contributed by atoms with Gasteiger partial charge in [0.1, 0.15) is 0 Å². The Bertz CT molecular complexity index is 1250. The van der Waals surface area contributed by atoms with Gasteiger partial charge in [0.15, 0.2) is 4.75 Å². The van der Waals surface area contributed by atoms with Gasteiger partial charge in [-0.05, 0) is 54.8 Å². The Morgan fingerprint density at radius 2 is 1.39 bits per heavy atom. The number of anilines is 1. The number of urea groups is 1. The van der Waals surface area contributed by atoms with Crippen LogP contribution in [-0.4, -0.2) is 33.5 Å². The third-order valence-electron chi connectivity index (χ3n) is 6.87. The number of benzene rings is 3. The van der Waals surface area contributed by atoms with Crippen LogP contribution in [-0.2, 0) is 16.0 Å². The summed E-state index contributed by atoms with van der Waals surface area (Å²) in [4.78, 5) is 46.0. The van der Waals surface area contributed by atoms with Crippen molar-refractivity contribution in [2.75, 3.05) is 4.90 Å². The molecule has 1 heterocycles. The molecule has 2 fully saturated rings. The van der Waals surface area contributed by atoms with E-state index in [0.29, 0.717) is 10.7 Å². The zero-order chi connectivity index (χ0) is 25.1. The third kappa shape index (κ3) is 4.67. The Morgan fingerprint density at radius 3 is 2.03 bits per heavy atom. The minimum atomic E-state index is -1.55. The summed E-state index contributed by atoms with van der Waals surface area (Å²) in [6.45, 7) is 0. The van der Waals surface area contributed by atoms with Crippen LogP contribution in [0.3, 0.4) is 0 Å². The Kier molecular flexibility index (Phi) is 7.17.